The van der Waals surface area contributed by atoms with Gasteiger partial charge < -0.3 is 10.2 Å². The van der Waals surface area contributed by atoms with Gasteiger partial charge in [-0.3, -0.25) is 14.5 Å². The minimum Gasteiger partial charge on any atom is -0.348 e. The second kappa shape index (κ2) is 11.9. The van der Waals surface area contributed by atoms with Crippen LogP contribution in [-0.4, -0.2) is 53.3 Å². The van der Waals surface area contributed by atoms with Crippen molar-refractivity contribution in [1.82, 2.24) is 15.1 Å². The summed E-state index contributed by atoms with van der Waals surface area (Å²) in [6.07, 6.45) is 2.41. The first kappa shape index (κ1) is 27.9. The Bertz CT molecular complexity index is 1410. The van der Waals surface area contributed by atoms with Crippen molar-refractivity contribution in [3.05, 3.63) is 144 Å². The molecule has 0 radical (unpaired) electrons. The number of likely N-dealkylation sites (tertiary alicyclic amines) is 2. The molecule has 0 aliphatic carbocycles. The second-order valence-corrected chi connectivity index (χ2v) is 12.0. The molecule has 1 N–H and O–H groups in total. The van der Waals surface area contributed by atoms with E-state index in [0.29, 0.717) is 6.54 Å². The topological polar surface area (TPSA) is 52.7 Å². The highest BCUT2D eigenvalue weighted by molar-refractivity contribution is 5.95. The maximum absolute atomic E-state index is 14.3. The smallest absolute Gasteiger partial charge is 0.240 e. The van der Waals surface area contributed by atoms with Gasteiger partial charge in [-0.1, -0.05) is 121 Å². The molecule has 2 saturated heterocycles. The van der Waals surface area contributed by atoms with Gasteiger partial charge in [0, 0.05) is 19.6 Å². The highest BCUT2D eigenvalue weighted by Gasteiger charge is 2.47. The summed E-state index contributed by atoms with van der Waals surface area (Å²) in [5, 5.41) is 3.34. The third-order valence-electron chi connectivity index (χ3n) is 9.04. The Morgan fingerprint density at radius 1 is 0.738 bits per heavy atom. The van der Waals surface area contributed by atoms with E-state index in [-0.39, 0.29) is 29.9 Å². The molecule has 0 saturated carbocycles. The van der Waals surface area contributed by atoms with Crippen LogP contribution in [0.25, 0.3) is 0 Å². The Hall–Kier alpha value is -4.22. The van der Waals surface area contributed by atoms with E-state index in [9.17, 15) is 9.59 Å². The zero-order chi connectivity index (χ0) is 29.0. The monoisotopic (exact) mass is 557 g/mol. The molecule has 0 spiro atoms. The lowest BCUT2D eigenvalue weighted by Gasteiger charge is -2.42. The average molecular weight is 558 g/mol. The number of piperidine rings is 1. The van der Waals surface area contributed by atoms with Crippen molar-refractivity contribution in [1.29, 1.82) is 0 Å². The first-order valence-corrected chi connectivity index (χ1v) is 15.0. The summed E-state index contributed by atoms with van der Waals surface area (Å²) in [6.45, 7) is 4.39. The summed E-state index contributed by atoms with van der Waals surface area (Å²) < 4.78 is 0. The standard InChI is InChI=1S/C37H39N3O2/c1-36(24-26-40(28-36)34(29-15-6-2-7-16-29)30-17-8-3-9-18-30)38-33(41)27-39-25-14-23-37(35(39)42,31-19-10-4-11-20-31)32-21-12-5-13-22-32/h2-13,15-22,34H,14,23-28H2,1H3,(H,38,41). The number of hydrogen-bond acceptors (Lipinski definition) is 3. The molecular formula is C37H39N3O2. The van der Waals surface area contributed by atoms with Gasteiger partial charge in [-0.05, 0) is 48.4 Å². The van der Waals surface area contributed by atoms with Gasteiger partial charge in [-0.15, -0.1) is 0 Å². The maximum atomic E-state index is 14.3. The quantitative estimate of drug-likeness (QED) is 0.291. The van der Waals surface area contributed by atoms with Gasteiger partial charge in [0.2, 0.25) is 11.8 Å². The van der Waals surface area contributed by atoms with Crippen LogP contribution >= 0.6 is 0 Å². The summed E-state index contributed by atoms with van der Waals surface area (Å²) in [5.74, 6) is -0.0895. The van der Waals surface area contributed by atoms with Crippen LogP contribution in [0.15, 0.2) is 121 Å². The third kappa shape index (κ3) is 5.49. The van der Waals surface area contributed by atoms with Crippen molar-refractivity contribution in [2.75, 3.05) is 26.2 Å². The molecule has 2 amide bonds. The van der Waals surface area contributed by atoms with Gasteiger partial charge >= 0.3 is 0 Å². The Morgan fingerprint density at radius 3 is 1.76 bits per heavy atom. The molecule has 4 aromatic rings. The van der Waals surface area contributed by atoms with Crippen molar-refractivity contribution in [2.45, 2.75) is 43.2 Å². The summed E-state index contributed by atoms with van der Waals surface area (Å²) in [4.78, 5) is 32.1. The first-order valence-electron chi connectivity index (χ1n) is 15.0. The lowest BCUT2D eigenvalue weighted by Crippen LogP contribution is -2.57. The van der Waals surface area contributed by atoms with Crippen LogP contribution in [0.2, 0.25) is 0 Å². The Balaban J connectivity index is 1.19. The van der Waals surface area contributed by atoms with Crippen molar-refractivity contribution in [3.8, 4) is 0 Å². The number of benzene rings is 4. The third-order valence-corrected chi connectivity index (χ3v) is 9.04. The molecule has 6 rings (SSSR count). The number of carbonyl (C=O) groups is 2. The number of hydrogen-bond donors (Lipinski definition) is 1. The molecule has 2 aliphatic rings. The van der Waals surface area contributed by atoms with Crippen molar-refractivity contribution in [3.63, 3.8) is 0 Å². The number of carbonyl (C=O) groups excluding carboxylic acids is 2. The molecule has 1 atom stereocenters. The molecule has 5 heteroatoms. The minimum atomic E-state index is -0.784. The number of nitrogens with zero attached hydrogens (tertiary/aromatic N) is 2. The maximum Gasteiger partial charge on any atom is 0.240 e. The number of rotatable bonds is 8. The minimum absolute atomic E-state index is 0.00715. The van der Waals surface area contributed by atoms with E-state index >= 15 is 0 Å². The number of amides is 2. The fraction of sp³-hybridized carbons (Fsp3) is 0.297. The fourth-order valence-corrected chi connectivity index (χ4v) is 7.07. The Labute approximate surface area is 249 Å². The predicted octanol–water partition coefficient (Wildman–Crippen LogP) is 5.97. The summed E-state index contributed by atoms with van der Waals surface area (Å²) in [5.41, 5.74) is 3.30. The highest BCUT2D eigenvalue weighted by atomic mass is 16.2. The normalized spacial score (nSPS) is 20.5. The van der Waals surface area contributed by atoms with E-state index in [1.165, 1.54) is 11.1 Å². The molecule has 4 aromatic carbocycles. The highest BCUT2D eigenvalue weighted by Crippen LogP contribution is 2.41. The molecule has 214 valence electrons. The van der Waals surface area contributed by atoms with Crippen molar-refractivity contribution >= 4 is 11.8 Å². The van der Waals surface area contributed by atoms with Crippen molar-refractivity contribution < 1.29 is 9.59 Å². The van der Waals surface area contributed by atoms with E-state index in [4.69, 9.17) is 0 Å². The predicted molar refractivity (Wildman–Crippen MR) is 167 cm³/mol. The van der Waals surface area contributed by atoms with E-state index in [0.717, 1.165) is 43.5 Å². The zero-order valence-electron chi connectivity index (χ0n) is 24.3. The summed E-state index contributed by atoms with van der Waals surface area (Å²) in [6, 6.07) is 41.4. The van der Waals surface area contributed by atoms with Gasteiger partial charge in [0.15, 0.2) is 0 Å². The van der Waals surface area contributed by atoms with Crippen LogP contribution in [0.5, 0.6) is 0 Å². The van der Waals surface area contributed by atoms with Crippen LogP contribution in [0, 0.1) is 0 Å². The van der Waals surface area contributed by atoms with E-state index in [1.807, 2.05) is 72.8 Å². The van der Waals surface area contributed by atoms with Crippen LogP contribution in [0.4, 0.5) is 0 Å². The SMILES string of the molecule is CC1(NC(=O)CN2CCCC(c3ccccc3)(c3ccccc3)C2=O)CCN(C(c2ccccc2)c2ccccc2)C1. The number of nitrogens with one attached hydrogen (secondary N) is 1. The molecule has 5 nitrogen and oxygen atoms in total. The van der Waals surface area contributed by atoms with Crippen molar-refractivity contribution in [2.24, 2.45) is 0 Å². The van der Waals surface area contributed by atoms with Crippen LogP contribution < -0.4 is 5.32 Å². The first-order chi connectivity index (χ1) is 20.5. The lowest BCUT2D eigenvalue weighted by atomic mass is 9.68. The van der Waals surface area contributed by atoms with Crippen LogP contribution in [0.1, 0.15) is 54.5 Å². The second-order valence-electron chi connectivity index (χ2n) is 12.0. The van der Waals surface area contributed by atoms with E-state index < -0.39 is 5.41 Å². The molecule has 1 unspecified atom stereocenters. The molecular weight excluding hydrogens is 518 g/mol. The lowest BCUT2D eigenvalue weighted by molar-refractivity contribution is -0.142. The Kier molecular flexibility index (Phi) is 7.94. The van der Waals surface area contributed by atoms with Crippen LogP contribution in [0.3, 0.4) is 0 Å². The van der Waals surface area contributed by atoms with E-state index in [1.54, 1.807) is 4.90 Å². The van der Waals surface area contributed by atoms with E-state index in [2.05, 4.69) is 65.7 Å². The molecule has 2 heterocycles. The molecule has 42 heavy (non-hydrogen) atoms. The van der Waals surface area contributed by atoms with Crippen LogP contribution in [-0.2, 0) is 15.0 Å². The average Bonchev–Trinajstić information content (AvgIpc) is 3.40. The summed E-state index contributed by atoms with van der Waals surface area (Å²) >= 11 is 0. The van der Waals surface area contributed by atoms with Gasteiger partial charge in [0.05, 0.1) is 23.5 Å². The van der Waals surface area contributed by atoms with Gasteiger partial charge in [-0.2, -0.15) is 0 Å². The summed E-state index contributed by atoms with van der Waals surface area (Å²) in [7, 11) is 0. The molecule has 2 fully saturated rings. The molecule has 0 bridgehead atoms. The largest absolute Gasteiger partial charge is 0.348 e. The van der Waals surface area contributed by atoms with Gasteiger partial charge in [-0.25, -0.2) is 0 Å². The Morgan fingerprint density at radius 2 is 1.24 bits per heavy atom. The molecule has 2 aliphatic heterocycles. The van der Waals surface area contributed by atoms with Gasteiger partial charge in [0.1, 0.15) is 0 Å². The van der Waals surface area contributed by atoms with Gasteiger partial charge in [0.25, 0.3) is 0 Å². The zero-order valence-corrected chi connectivity index (χ0v) is 24.3. The fourth-order valence-electron chi connectivity index (χ4n) is 7.07. The molecule has 0 aromatic heterocycles.